The summed E-state index contributed by atoms with van der Waals surface area (Å²) in [5, 5.41) is 5.89. The van der Waals surface area contributed by atoms with E-state index < -0.39 is 0 Å². The summed E-state index contributed by atoms with van der Waals surface area (Å²) in [7, 11) is 0. The lowest BCUT2D eigenvalue weighted by atomic mass is 10.3. The van der Waals surface area contributed by atoms with Crippen LogP contribution in [0.4, 0.5) is 11.6 Å². The van der Waals surface area contributed by atoms with E-state index >= 15 is 0 Å². The second kappa shape index (κ2) is 25.9. The molecular formula is C35H69N9O2. The van der Waals surface area contributed by atoms with Gasteiger partial charge in [0.1, 0.15) is 11.6 Å². The second-order valence-corrected chi connectivity index (χ2v) is 11.8. The number of carbonyl (C=O) groups excluding carboxylic acids is 2. The molecule has 2 N–H and O–H groups in total. The third kappa shape index (κ3) is 18.3. The summed E-state index contributed by atoms with van der Waals surface area (Å²) >= 11 is 0. The van der Waals surface area contributed by atoms with Crippen molar-refractivity contribution in [2.75, 3.05) is 128 Å². The minimum Gasteiger partial charge on any atom is -0.311 e. The highest BCUT2D eigenvalue weighted by atomic mass is 16.2. The Balaban J connectivity index is 2.69. The first-order valence-electron chi connectivity index (χ1n) is 18.2. The lowest BCUT2D eigenvalue weighted by molar-refractivity contribution is -0.117. The second-order valence-electron chi connectivity index (χ2n) is 11.8. The molecule has 0 saturated carbocycles. The van der Waals surface area contributed by atoms with Gasteiger partial charge in [0.05, 0.1) is 0 Å². The zero-order valence-corrected chi connectivity index (χ0v) is 30.8. The summed E-state index contributed by atoms with van der Waals surface area (Å²) in [6.07, 6.45) is 0.789. The van der Waals surface area contributed by atoms with Gasteiger partial charge in [-0.25, -0.2) is 4.98 Å². The Hall–Kier alpha value is -2.15. The predicted octanol–water partition coefficient (Wildman–Crippen LogP) is 3.71. The molecule has 0 saturated heterocycles. The summed E-state index contributed by atoms with van der Waals surface area (Å²) in [6.45, 7) is 35.0. The van der Waals surface area contributed by atoms with Crippen LogP contribution >= 0.6 is 0 Å². The molecule has 266 valence electrons. The van der Waals surface area contributed by atoms with Crippen molar-refractivity contribution in [1.82, 2.24) is 34.4 Å². The molecule has 11 heteroatoms. The smallest absolute Gasteiger partial charge is 0.226 e. The van der Waals surface area contributed by atoms with Gasteiger partial charge in [-0.3, -0.25) is 9.59 Å². The van der Waals surface area contributed by atoms with Crippen LogP contribution in [0.25, 0.3) is 0 Å². The number of anilines is 2. The van der Waals surface area contributed by atoms with Crippen molar-refractivity contribution in [3.63, 3.8) is 0 Å². The molecule has 0 fully saturated rings. The Morgan fingerprint density at radius 3 is 0.978 bits per heavy atom. The molecule has 0 bridgehead atoms. The van der Waals surface area contributed by atoms with E-state index in [1.54, 1.807) is 12.1 Å². The number of rotatable bonds is 28. The zero-order valence-electron chi connectivity index (χ0n) is 30.8. The number of nitrogens with one attached hydrogen (secondary N) is 2. The molecule has 0 spiro atoms. The van der Waals surface area contributed by atoms with Gasteiger partial charge >= 0.3 is 0 Å². The summed E-state index contributed by atoms with van der Waals surface area (Å²) < 4.78 is 0. The first-order chi connectivity index (χ1) is 22.2. The maximum atomic E-state index is 12.9. The normalized spacial score (nSPS) is 12.0. The van der Waals surface area contributed by atoms with Gasteiger partial charge < -0.3 is 40.0 Å². The van der Waals surface area contributed by atoms with Gasteiger partial charge in [0.2, 0.25) is 11.8 Å². The highest BCUT2D eigenvalue weighted by molar-refractivity contribution is 5.92. The van der Waals surface area contributed by atoms with Crippen molar-refractivity contribution in [3.05, 3.63) is 18.2 Å². The van der Waals surface area contributed by atoms with E-state index in [9.17, 15) is 9.59 Å². The molecule has 0 aliphatic carbocycles. The molecule has 2 amide bonds. The van der Waals surface area contributed by atoms with Crippen molar-refractivity contribution in [2.45, 2.75) is 68.2 Å². The number of nitrogens with zero attached hydrogens (tertiary/aromatic N) is 7. The largest absolute Gasteiger partial charge is 0.311 e. The monoisotopic (exact) mass is 648 g/mol. The molecule has 1 rings (SSSR count). The molecule has 46 heavy (non-hydrogen) atoms. The lowest BCUT2D eigenvalue weighted by Gasteiger charge is -2.28. The predicted molar refractivity (Wildman–Crippen MR) is 195 cm³/mol. The Labute approximate surface area is 282 Å². The fourth-order valence-corrected chi connectivity index (χ4v) is 5.47. The van der Waals surface area contributed by atoms with Gasteiger partial charge in [-0.1, -0.05) is 61.5 Å². The quantitative estimate of drug-likeness (QED) is 0.141. The van der Waals surface area contributed by atoms with E-state index in [1.807, 2.05) is 6.07 Å². The number of hydrogen-bond acceptors (Lipinski definition) is 9. The maximum absolute atomic E-state index is 12.9. The van der Waals surface area contributed by atoms with Crippen molar-refractivity contribution in [3.8, 4) is 0 Å². The number of amides is 2. The first-order valence-corrected chi connectivity index (χ1v) is 18.2. The van der Waals surface area contributed by atoms with Crippen molar-refractivity contribution < 1.29 is 9.59 Å². The molecule has 0 aromatic carbocycles. The van der Waals surface area contributed by atoms with Crippen molar-refractivity contribution >= 4 is 23.5 Å². The van der Waals surface area contributed by atoms with Crippen LogP contribution < -0.4 is 10.6 Å². The van der Waals surface area contributed by atoms with E-state index in [4.69, 9.17) is 0 Å². The van der Waals surface area contributed by atoms with E-state index in [0.717, 1.165) is 105 Å². The average Bonchev–Trinajstić information content (AvgIpc) is 3.06. The summed E-state index contributed by atoms with van der Waals surface area (Å²) in [5.41, 5.74) is 0. The maximum Gasteiger partial charge on any atom is 0.226 e. The third-order valence-corrected chi connectivity index (χ3v) is 9.10. The van der Waals surface area contributed by atoms with Crippen molar-refractivity contribution in [1.29, 1.82) is 0 Å². The van der Waals surface area contributed by atoms with Gasteiger partial charge in [-0.05, 0) is 64.5 Å². The van der Waals surface area contributed by atoms with Gasteiger partial charge in [0.25, 0.3) is 0 Å². The Kier molecular flexibility index (Phi) is 23.6. The topological polar surface area (TPSA) is 90.5 Å². The van der Waals surface area contributed by atoms with Crippen LogP contribution in [0.2, 0.25) is 0 Å². The van der Waals surface area contributed by atoms with E-state index in [1.165, 1.54) is 0 Å². The number of aromatic nitrogens is 1. The highest BCUT2D eigenvalue weighted by Crippen LogP contribution is 2.11. The molecule has 0 radical (unpaired) electrons. The highest BCUT2D eigenvalue weighted by Gasteiger charge is 2.14. The Morgan fingerprint density at radius 2 is 0.717 bits per heavy atom. The van der Waals surface area contributed by atoms with Crippen molar-refractivity contribution in [2.24, 2.45) is 0 Å². The fraction of sp³-hybridized carbons (Fsp3) is 0.800. The number of pyridine rings is 1. The van der Waals surface area contributed by atoms with Gasteiger partial charge in [-0.15, -0.1) is 0 Å². The number of likely N-dealkylation sites (N-methyl/N-ethyl adjacent to an activating group) is 4. The Morgan fingerprint density at radius 1 is 0.457 bits per heavy atom. The standard InChI is InChI=1S/C35H69N9O2/c1-9-39(10-2)24-28-43(29-25-40(11-3)12-4)22-20-34(45)37-32-18-17-19-33(36-32)38-35(46)21-23-44(30-26-41(13-5)14-6)31-27-42(15-7)16-8/h17-19H,9-16,20-31H2,1-8H3,(H2,36,37,38,45,46). The van der Waals surface area contributed by atoms with Crippen LogP contribution in [0.3, 0.4) is 0 Å². The van der Waals surface area contributed by atoms with Crippen LogP contribution in [0.1, 0.15) is 68.2 Å². The minimum absolute atomic E-state index is 0.0660. The summed E-state index contributed by atoms with van der Waals surface area (Å²) in [5.74, 6) is 0.786. The van der Waals surface area contributed by atoms with Crippen LogP contribution in [0.5, 0.6) is 0 Å². The summed E-state index contributed by atoms with van der Waals surface area (Å²) in [6, 6.07) is 5.36. The first kappa shape index (κ1) is 41.9. The summed E-state index contributed by atoms with van der Waals surface area (Å²) in [4.78, 5) is 44.9. The molecule has 0 atom stereocenters. The number of carbonyl (C=O) groups is 2. The molecule has 0 aliphatic rings. The number of hydrogen-bond donors (Lipinski definition) is 2. The molecule has 0 unspecified atom stereocenters. The van der Waals surface area contributed by atoms with Gasteiger partial charge in [0, 0.05) is 78.3 Å². The molecule has 1 heterocycles. The fourth-order valence-electron chi connectivity index (χ4n) is 5.47. The average molecular weight is 648 g/mol. The molecule has 0 aliphatic heterocycles. The molecular weight excluding hydrogens is 578 g/mol. The van der Waals surface area contributed by atoms with Gasteiger partial charge in [0.15, 0.2) is 0 Å². The zero-order chi connectivity index (χ0) is 34.2. The molecule has 11 nitrogen and oxygen atoms in total. The van der Waals surface area contributed by atoms with Crippen LogP contribution in [-0.4, -0.2) is 164 Å². The molecule has 1 aromatic rings. The van der Waals surface area contributed by atoms with E-state index in [2.05, 4.69) is 100 Å². The van der Waals surface area contributed by atoms with Crippen LogP contribution in [0.15, 0.2) is 18.2 Å². The van der Waals surface area contributed by atoms with Crippen LogP contribution in [0, 0.1) is 0 Å². The minimum atomic E-state index is -0.0660. The third-order valence-electron chi connectivity index (χ3n) is 9.10. The Bertz CT molecular complexity index is 818. The van der Waals surface area contributed by atoms with Gasteiger partial charge in [-0.2, -0.15) is 0 Å². The van der Waals surface area contributed by atoms with Crippen LogP contribution in [-0.2, 0) is 9.59 Å². The lowest BCUT2D eigenvalue weighted by Crippen LogP contribution is -2.41. The SMILES string of the molecule is CCN(CC)CCN(CCC(=O)Nc1cccc(NC(=O)CCN(CCN(CC)CC)CCN(CC)CC)n1)CCN(CC)CC. The van der Waals surface area contributed by atoms with E-state index in [-0.39, 0.29) is 11.8 Å². The van der Waals surface area contributed by atoms with E-state index in [0.29, 0.717) is 37.6 Å². The molecule has 1 aromatic heterocycles.